The van der Waals surface area contributed by atoms with Gasteiger partial charge in [0, 0.05) is 23.0 Å². The number of carbonyl (C=O) groups is 2. The molecule has 1 fully saturated rings. The van der Waals surface area contributed by atoms with Crippen molar-refractivity contribution in [3.63, 3.8) is 0 Å². The van der Waals surface area contributed by atoms with Crippen LogP contribution in [-0.2, 0) is 20.7 Å². The minimum absolute atomic E-state index is 0.0396. The monoisotopic (exact) mass is 373 g/mol. The number of aryl methyl sites for hydroxylation is 2. The van der Waals surface area contributed by atoms with Crippen LogP contribution in [-0.4, -0.2) is 43.6 Å². The molecule has 1 aliphatic carbocycles. The highest BCUT2D eigenvalue weighted by atomic mass is 16.5. The fourth-order valence-electron chi connectivity index (χ4n) is 3.68. The maximum Gasteiger partial charge on any atom is 0.311 e. The van der Waals surface area contributed by atoms with Gasteiger partial charge in [-0.1, -0.05) is 19.8 Å². The van der Waals surface area contributed by atoms with Crippen molar-refractivity contribution in [2.75, 3.05) is 0 Å². The number of aromatic nitrogens is 4. The average Bonchev–Trinajstić information content (AvgIpc) is 3.09. The van der Waals surface area contributed by atoms with Crippen molar-refractivity contribution in [1.82, 2.24) is 24.9 Å². The van der Waals surface area contributed by atoms with E-state index in [9.17, 15) is 9.59 Å². The van der Waals surface area contributed by atoms with E-state index in [1.54, 1.807) is 11.4 Å². The van der Waals surface area contributed by atoms with Crippen LogP contribution in [0, 0.1) is 19.8 Å². The van der Waals surface area contributed by atoms with Gasteiger partial charge in [0.05, 0.1) is 6.42 Å². The molecule has 3 rings (SSSR count). The summed E-state index contributed by atoms with van der Waals surface area (Å²) in [6.45, 7) is 7.45. The zero-order valence-corrected chi connectivity index (χ0v) is 16.4. The molecule has 0 saturated heterocycles. The molecular weight excluding hydrogens is 346 g/mol. The van der Waals surface area contributed by atoms with E-state index >= 15 is 0 Å². The van der Waals surface area contributed by atoms with Crippen molar-refractivity contribution in [3.05, 3.63) is 23.3 Å². The van der Waals surface area contributed by atoms with Gasteiger partial charge >= 0.3 is 5.97 Å². The molecule has 1 amide bonds. The molecule has 0 bridgehead atoms. The molecule has 0 aromatic carbocycles. The summed E-state index contributed by atoms with van der Waals surface area (Å²) in [6.07, 6.45) is 5.08. The molecule has 2 aromatic rings. The van der Waals surface area contributed by atoms with Crippen LogP contribution in [0.5, 0.6) is 0 Å². The highest BCUT2D eigenvalue weighted by Gasteiger charge is 2.26. The van der Waals surface area contributed by atoms with Crippen LogP contribution < -0.4 is 5.32 Å². The smallest absolute Gasteiger partial charge is 0.311 e. The predicted octanol–water partition coefficient (Wildman–Crippen LogP) is 1.91. The molecular formula is C19H27N5O3. The third kappa shape index (κ3) is 4.26. The highest BCUT2D eigenvalue weighted by molar-refractivity contribution is 5.84. The molecule has 0 unspecified atom stereocenters. The molecule has 0 spiro atoms. The summed E-state index contributed by atoms with van der Waals surface area (Å²) in [7, 11) is 0. The molecule has 2 heterocycles. The molecule has 27 heavy (non-hydrogen) atoms. The molecule has 8 nitrogen and oxygen atoms in total. The molecule has 0 radical (unpaired) electrons. The third-order valence-electron chi connectivity index (χ3n) is 5.43. The Kier molecular flexibility index (Phi) is 5.72. The topological polar surface area (TPSA) is 98.5 Å². The Morgan fingerprint density at radius 3 is 2.81 bits per heavy atom. The second-order valence-electron chi connectivity index (χ2n) is 7.42. The minimum atomic E-state index is -0.824. The molecule has 1 aliphatic rings. The van der Waals surface area contributed by atoms with E-state index < -0.39 is 12.1 Å². The summed E-state index contributed by atoms with van der Waals surface area (Å²) in [5.41, 5.74) is 2.24. The van der Waals surface area contributed by atoms with E-state index in [0.29, 0.717) is 17.4 Å². The standard InChI is InChI=1S/C19H27N5O3/c1-11-7-5-6-8-16(11)23-18(26)14(4)27-17(25)9-15-12(2)22-19-20-10-21-24(19)13(15)3/h10-11,14,16H,5-9H2,1-4H3,(H,23,26)/t11-,14-,16-/m0/s1. The summed E-state index contributed by atoms with van der Waals surface area (Å²) in [6, 6.07) is 0.163. The maximum atomic E-state index is 12.4. The van der Waals surface area contributed by atoms with Gasteiger partial charge in [-0.15, -0.1) is 0 Å². The zero-order valence-electron chi connectivity index (χ0n) is 16.4. The number of nitrogens with zero attached hydrogens (tertiary/aromatic N) is 4. The van der Waals surface area contributed by atoms with Crippen LogP contribution >= 0.6 is 0 Å². The van der Waals surface area contributed by atoms with Crippen molar-refractivity contribution >= 4 is 17.7 Å². The number of hydrogen-bond donors (Lipinski definition) is 1. The lowest BCUT2D eigenvalue weighted by Gasteiger charge is -2.30. The number of fused-ring (bicyclic) bond motifs is 1. The van der Waals surface area contributed by atoms with Gasteiger partial charge in [-0.3, -0.25) is 9.59 Å². The van der Waals surface area contributed by atoms with Crippen molar-refractivity contribution < 1.29 is 14.3 Å². The van der Waals surface area contributed by atoms with Gasteiger partial charge in [0.1, 0.15) is 6.33 Å². The van der Waals surface area contributed by atoms with Gasteiger partial charge in [-0.05, 0) is 39.5 Å². The van der Waals surface area contributed by atoms with Gasteiger partial charge in [-0.2, -0.15) is 10.1 Å². The van der Waals surface area contributed by atoms with Gasteiger partial charge in [0.15, 0.2) is 6.10 Å². The first kappa shape index (κ1) is 19.3. The number of rotatable bonds is 5. The molecule has 3 atom stereocenters. The summed E-state index contributed by atoms with van der Waals surface area (Å²) < 4.78 is 6.97. The zero-order chi connectivity index (χ0) is 19.6. The molecule has 0 aliphatic heterocycles. The van der Waals surface area contributed by atoms with Crippen LogP contribution in [0.25, 0.3) is 5.78 Å². The molecule has 8 heteroatoms. The number of esters is 1. The first-order chi connectivity index (χ1) is 12.9. The summed E-state index contributed by atoms with van der Waals surface area (Å²) in [4.78, 5) is 33.2. The van der Waals surface area contributed by atoms with E-state index in [1.165, 1.54) is 12.7 Å². The van der Waals surface area contributed by atoms with Crippen molar-refractivity contribution in [3.8, 4) is 0 Å². The number of carbonyl (C=O) groups excluding carboxylic acids is 2. The number of nitrogens with one attached hydrogen (secondary N) is 1. The van der Waals surface area contributed by atoms with E-state index in [4.69, 9.17) is 4.74 Å². The Morgan fingerprint density at radius 2 is 2.07 bits per heavy atom. The molecule has 1 saturated carbocycles. The highest BCUT2D eigenvalue weighted by Crippen LogP contribution is 2.23. The van der Waals surface area contributed by atoms with Gasteiger partial charge in [-0.25, -0.2) is 9.50 Å². The number of hydrogen-bond acceptors (Lipinski definition) is 6. The molecule has 1 N–H and O–H groups in total. The number of amides is 1. The van der Waals surface area contributed by atoms with Crippen LogP contribution in [0.1, 0.15) is 56.5 Å². The first-order valence-corrected chi connectivity index (χ1v) is 9.52. The number of ether oxygens (including phenoxy) is 1. The summed E-state index contributed by atoms with van der Waals surface area (Å²) in [5, 5.41) is 7.15. The summed E-state index contributed by atoms with van der Waals surface area (Å²) in [5.74, 6) is 0.259. The Morgan fingerprint density at radius 1 is 1.33 bits per heavy atom. The lowest BCUT2D eigenvalue weighted by molar-refractivity contribution is -0.154. The SMILES string of the molecule is Cc1nc2ncnn2c(C)c1CC(=O)O[C@@H](C)C(=O)N[C@H]1CCCC[C@@H]1C. The lowest BCUT2D eigenvalue weighted by atomic mass is 9.86. The van der Waals surface area contributed by atoms with Crippen LogP contribution in [0.3, 0.4) is 0 Å². The van der Waals surface area contributed by atoms with Crippen molar-refractivity contribution in [2.24, 2.45) is 5.92 Å². The third-order valence-corrected chi connectivity index (χ3v) is 5.43. The van der Waals surface area contributed by atoms with Crippen LogP contribution in [0.2, 0.25) is 0 Å². The van der Waals surface area contributed by atoms with Crippen LogP contribution in [0.4, 0.5) is 0 Å². The van der Waals surface area contributed by atoms with E-state index in [2.05, 4.69) is 27.3 Å². The maximum absolute atomic E-state index is 12.4. The van der Waals surface area contributed by atoms with Gasteiger partial charge in [0.2, 0.25) is 0 Å². The molecule has 2 aromatic heterocycles. The van der Waals surface area contributed by atoms with Crippen molar-refractivity contribution in [1.29, 1.82) is 0 Å². The molecule has 146 valence electrons. The fourth-order valence-corrected chi connectivity index (χ4v) is 3.68. The Balaban J connectivity index is 1.61. The second kappa shape index (κ2) is 8.02. The Bertz CT molecular complexity index is 847. The van der Waals surface area contributed by atoms with Gasteiger partial charge in [0.25, 0.3) is 11.7 Å². The van der Waals surface area contributed by atoms with E-state index in [1.807, 2.05) is 13.8 Å². The average molecular weight is 373 g/mol. The Labute approximate surface area is 158 Å². The second-order valence-corrected chi connectivity index (χ2v) is 7.42. The predicted molar refractivity (Wildman–Crippen MR) is 99.1 cm³/mol. The Hall–Kier alpha value is -2.51. The minimum Gasteiger partial charge on any atom is -0.452 e. The quantitative estimate of drug-likeness (QED) is 0.804. The summed E-state index contributed by atoms with van der Waals surface area (Å²) >= 11 is 0. The van der Waals surface area contributed by atoms with E-state index in [0.717, 1.165) is 30.5 Å². The normalized spacial score (nSPS) is 21.0. The van der Waals surface area contributed by atoms with Crippen molar-refractivity contribution in [2.45, 2.75) is 71.9 Å². The van der Waals surface area contributed by atoms with E-state index in [-0.39, 0.29) is 18.4 Å². The fraction of sp³-hybridized carbons (Fsp3) is 0.632. The van der Waals surface area contributed by atoms with Crippen LogP contribution in [0.15, 0.2) is 6.33 Å². The lowest BCUT2D eigenvalue weighted by Crippen LogP contribution is -2.46. The first-order valence-electron chi connectivity index (χ1n) is 9.52. The largest absolute Gasteiger partial charge is 0.452 e. The van der Waals surface area contributed by atoms with Gasteiger partial charge < -0.3 is 10.1 Å².